The molecule has 2 N–H and O–H groups in total. The minimum absolute atomic E-state index is 0.199. The van der Waals surface area contributed by atoms with Crippen LogP contribution in [0, 0.1) is 0 Å². The maximum absolute atomic E-state index is 10.3. The van der Waals surface area contributed by atoms with Gasteiger partial charge in [0.2, 0.25) is 0 Å². The van der Waals surface area contributed by atoms with Crippen LogP contribution in [-0.4, -0.2) is 22.7 Å². The minimum Gasteiger partial charge on any atom is -0.481 e. The number of aliphatic carboxylic acids is 1. The van der Waals surface area contributed by atoms with E-state index in [1.165, 1.54) is 0 Å². The molecule has 0 amide bonds. The lowest BCUT2D eigenvalue weighted by Gasteiger charge is -1.93. The Bertz CT molecular complexity index is 446. The number of carbonyl (C=O) groups is 1. The third-order valence-corrected chi connectivity index (χ3v) is 3.15. The van der Waals surface area contributed by atoms with Crippen molar-refractivity contribution < 1.29 is 17.7 Å². The Kier molecular flexibility index (Phi) is 14.2. The van der Waals surface area contributed by atoms with Gasteiger partial charge in [0.15, 0.2) is 0 Å². The van der Waals surface area contributed by atoms with E-state index in [1.54, 1.807) is 0 Å². The predicted molar refractivity (Wildman–Crippen MR) is 97.5 cm³/mol. The molecular formula is C20H32O3. The zero-order valence-corrected chi connectivity index (χ0v) is 14.0. The normalized spacial score (nSPS) is 14.3. The summed E-state index contributed by atoms with van der Waals surface area (Å²) in [6.45, 7) is -2.03. The molecule has 0 aromatic carbocycles. The summed E-state index contributed by atoms with van der Waals surface area (Å²) >= 11 is 0. The van der Waals surface area contributed by atoms with Crippen LogP contribution >= 0.6 is 0 Å². The fraction of sp³-hybridized carbons (Fsp3) is 0.550. The van der Waals surface area contributed by atoms with E-state index in [9.17, 15) is 4.79 Å². The van der Waals surface area contributed by atoms with E-state index >= 15 is 0 Å². The highest BCUT2D eigenvalue weighted by Crippen LogP contribution is 2.01. The highest BCUT2D eigenvalue weighted by Gasteiger charge is 1.92. The van der Waals surface area contributed by atoms with Crippen LogP contribution in [0.1, 0.15) is 66.9 Å². The molecule has 0 saturated heterocycles. The van der Waals surface area contributed by atoms with Crippen molar-refractivity contribution in [2.24, 2.45) is 0 Å². The van der Waals surface area contributed by atoms with Crippen LogP contribution in [0.5, 0.6) is 0 Å². The van der Waals surface area contributed by atoms with Crippen LogP contribution in [0.2, 0.25) is 0 Å². The molecular weight excluding hydrogens is 288 g/mol. The highest BCUT2D eigenvalue weighted by molar-refractivity contribution is 5.66. The van der Waals surface area contributed by atoms with E-state index in [1.807, 2.05) is 6.08 Å². The van der Waals surface area contributed by atoms with Crippen molar-refractivity contribution >= 4 is 5.97 Å². The maximum Gasteiger partial charge on any atom is 0.303 e. The number of unbranched alkanes of at least 4 members (excludes halogenated alkanes) is 3. The fourth-order valence-corrected chi connectivity index (χ4v) is 1.89. The third-order valence-electron chi connectivity index (χ3n) is 3.15. The van der Waals surface area contributed by atoms with Crippen molar-refractivity contribution in [2.45, 2.75) is 64.2 Å². The molecule has 0 fully saturated rings. The van der Waals surface area contributed by atoms with Crippen LogP contribution in [0.15, 0.2) is 48.6 Å². The van der Waals surface area contributed by atoms with Crippen LogP contribution in [0.4, 0.5) is 0 Å². The predicted octanol–water partition coefficient (Wildman–Crippen LogP) is 5.19. The summed E-state index contributed by atoms with van der Waals surface area (Å²) in [6, 6.07) is 0. The second-order valence-electron chi connectivity index (χ2n) is 5.28. The molecule has 0 atom stereocenters. The number of hydrogen-bond acceptors (Lipinski definition) is 2. The molecule has 0 aliphatic rings. The summed E-state index contributed by atoms with van der Waals surface area (Å²) in [6.07, 6.45) is 23.9. The van der Waals surface area contributed by atoms with Gasteiger partial charge in [-0.15, -0.1) is 0 Å². The molecule has 0 aliphatic carbocycles. The van der Waals surface area contributed by atoms with Gasteiger partial charge in [-0.25, -0.2) is 0 Å². The molecule has 0 heterocycles. The van der Waals surface area contributed by atoms with Gasteiger partial charge >= 0.3 is 5.97 Å². The maximum atomic E-state index is 10.3. The first-order valence-corrected chi connectivity index (χ1v) is 8.46. The lowest BCUT2D eigenvalue weighted by atomic mass is 10.2. The quantitative estimate of drug-likeness (QED) is 0.322. The average Bonchev–Trinajstić information content (AvgIpc) is 2.52. The van der Waals surface area contributed by atoms with Gasteiger partial charge in [0, 0.05) is 13.0 Å². The van der Waals surface area contributed by atoms with E-state index < -0.39 is 12.5 Å². The van der Waals surface area contributed by atoms with Crippen LogP contribution in [0.3, 0.4) is 0 Å². The Balaban J connectivity index is 3.46. The van der Waals surface area contributed by atoms with E-state index in [0.717, 1.165) is 38.5 Å². The van der Waals surface area contributed by atoms with Crippen LogP contribution in [0.25, 0.3) is 0 Å². The molecule has 0 aromatic heterocycles. The van der Waals surface area contributed by atoms with Gasteiger partial charge < -0.3 is 10.2 Å². The Morgan fingerprint density at radius 3 is 1.70 bits per heavy atom. The Morgan fingerprint density at radius 2 is 1.22 bits per heavy atom. The molecule has 0 bridgehead atoms. The Labute approximate surface area is 143 Å². The molecule has 3 nitrogen and oxygen atoms in total. The second-order valence-corrected chi connectivity index (χ2v) is 5.28. The SMILES string of the molecule is [2H]C([2H])(O)CCCC/C=C\C/C=C\C/C=C\C/C=C\CCCC(=O)O. The van der Waals surface area contributed by atoms with Gasteiger partial charge in [-0.3, -0.25) is 4.79 Å². The molecule has 130 valence electrons. The number of aliphatic hydroxyl groups is 1. The Morgan fingerprint density at radius 1 is 0.739 bits per heavy atom. The molecule has 23 heavy (non-hydrogen) atoms. The van der Waals surface area contributed by atoms with Crippen molar-refractivity contribution in [3.05, 3.63) is 48.6 Å². The van der Waals surface area contributed by atoms with Gasteiger partial charge in [0.25, 0.3) is 0 Å². The summed E-state index contributed by atoms with van der Waals surface area (Å²) in [4.78, 5) is 10.3. The summed E-state index contributed by atoms with van der Waals surface area (Å²) in [5.41, 5.74) is 0. The molecule has 0 aromatic rings. The molecule has 0 radical (unpaired) electrons. The molecule has 0 unspecified atom stereocenters. The second kappa shape index (κ2) is 18.4. The Hall–Kier alpha value is -1.61. The average molecular weight is 322 g/mol. The van der Waals surface area contributed by atoms with Gasteiger partial charge in [0.05, 0.1) is 2.74 Å². The lowest BCUT2D eigenvalue weighted by Crippen LogP contribution is -1.92. The minimum atomic E-state index is -2.03. The van der Waals surface area contributed by atoms with Crippen molar-refractivity contribution in [2.75, 3.05) is 6.56 Å². The number of allylic oxidation sites excluding steroid dienone is 8. The van der Waals surface area contributed by atoms with Crippen molar-refractivity contribution in [3.8, 4) is 0 Å². The summed E-state index contributed by atoms with van der Waals surface area (Å²) in [5.74, 6) is -0.735. The van der Waals surface area contributed by atoms with Gasteiger partial charge in [-0.05, 0) is 51.4 Å². The van der Waals surface area contributed by atoms with E-state index in [4.69, 9.17) is 13.0 Å². The lowest BCUT2D eigenvalue weighted by molar-refractivity contribution is -0.137. The van der Waals surface area contributed by atoms with Crippen LogP contribution in [-0.2, 0) is 4.79 Å². The summed E-state index contributed by atoms with van der Waals surface area (Å²) < 4.78 is 14.0. The van der Waals surface area contributed by atoms with E-state index in [-0.39, 0.29) is 12.8 Å². The van der Waals surface area contributed by atoms with Crippen molar-refractivity contribution in [1.82, 2.24) is 0 Å². The zero-order valence-electron chi connectivity index (χ0n) is 16.0. The molecule has 0 spiro atoms. The first-order valence-electron chi connectivity index (χ1n) is 9.46. The fourth-order valence-electron chi connectivity index (χ4n) is 1.89. The standard InChI is InChI=1S/C20H32O3/c21-19-17-15-13-11-9-7-5-3-1-2-4-6-8-10-12-14-16-18-20(22)23/h1,3-4,6-7,9-10,12,21H,2,5,8,11,13-19H2,(H,22,23)/b3-1-,6-4-,9-7-,12-10-/i19D2. The molecule has 0 rings (SSSR count). The van der Waals surface area contributed by atoms with Crippen molar-refractivity contribution in [3.63, 3.8) is 0 Å². The van der Waals surface area contributed by atoms with Crippen molar-refractivity contribution in [1.29, 1.82) is 0 Å². The van der Waals surface area contributed by atoms with E-state index in [0.29, 0.717) is 12.8 Å². The first-order chi connectivity index (χ1) is 11.9. The third kappa shape index (κ3) is 20.4. The number of rotatable bonds is 15. The topological polar surface area (TPSA) is 57.5 Å². The van der Waals surface area contributed by atoms with Crippen LogP contribution < -0.4 is 0 Å². The molecule has 0 aliphatic heterocycles. The smallest absolute Gasteiger partial charge is 0.303 e. The summed E-state index contributed by atoms with van der Waals surface area (Å²) in [7, 11) is 0. The van der Waals surface area contributed by atoms with Gasteiger partial charge in [0.1, 0.15) is 0 Å². The number of carboxylic acid groups (broad SMARTS) is 1. The van der Waals surface area contributed by atoms with Gasteiger partial charge in [-0.2, -0.15) is 0 Å². The first kappa shape index (κ1) is 17.7. The summed E-state index contributed by atoms with van der Waals surface area (Å²) in [5, 5.41) is 17.4. The number of carboxylic acids is 1. The van der Waals surface area contributed by atoms with Gasteiger partial charge in [-0.1, -0.05) is 55.0 Å². The highest BCUT2D eigenvalue weighted by atomic mass is 16.4. The monoisotopic (exact) mass is 322 g/mol. The van der Waals surface area contributed by atoms with E-state index in [2.05, 4.69) is 42.5 Å². The number of hydrogen-bond donors (Lipinski definition) is 2. The molecule has 0 saturated carbocycles. The molecule has 3 heteroatoms. The zero-order chi connectivity index (χ0) is 18.8. The largest absolute Gasteiger partial charge is 0.481 e.